The largest absolute Gasteiger partial charge is 0.478 e. The number of fused-ring (bicyclic) bond motifs is 3. The lowest BCUT2D eigenvalue weighted by Gasteiger charge is -2.30. The van der Waals surface area contributed by atoms with Gasteiger partial charge in [-0.2, -0.15) is 0 Å². The third-order valence-corrected chi connectivity index (χ3v) is 6.19. The molecule has 2 aliphatic heterocycles. The van der Waals surface area contributed by atoms with E-state index in [2.05, 4.69) is 42.8 Å². The van der Waals surface area contributed by atoms with E-state index in [0.29, 0.717) is 36.9 Å². The zero-order valence-electron chi connectivity index (χ0n) is 19.5. The summed E-state index contributed by atoms with van der Waals surface area (Å²) in [7, 11) is 0. The third-order valence-electron chi connectivity index (χ3n) is 6.19. The fourth-order valence-corrected chi connectivity index (χ4v) is 4.36. The number of hydrogen-bond donors (Lipinski definition) is 0. The molecule has 3 heterocycles. The van der Waals surface area contributed by atoms with E-state index < -0.39 is 0 Å². The summed E-state index contributed by atoms with van der Waals surface area (Å²) >= 11 is 0. The zero-order chi connectivity index (χ0) is 23.2. The number of aryl methyl sites for hydroxylation is 1. The summed E-state index contributed by atoms with van der Waals surface area (Å²) in [6.45, 7) is 10.3. The van der Waals surface area contributed by atoms with E-state index in [1.165, 1.54) is 5.56 Å². The molecule has 5 rings (SSSR count). The van der Waals surface area contributed by atoms with E-state index in [-0.39, 0.29) is 11.2 Å². The first-order valence-corrected chi connectivity index (χ1v) is 11.2. The molecule has 0 aliphatic carbocycles. The molecule has 0 amide bonds. The van der Waals surface area contributed by atoms with Gasteiger partial charge < -0.3 is 9.47 Å². The molecule has 0 unspecified atom stereocenters. The van der Waals surface area contributed by atoms with Gasteiger partial charge in [0.1, 0.15) is 18.2 Å². The number of carbonyl (C=O) groups excluding carboxylic acids is 1. The molecule has 5 heteroatoms. The number of ether oxygens (including phenoxy) is 2. The number of hydrogen-bond acceptors (Lipinski definition) is 5. The molecule has 1 aromatic heterocycles. The SMILES string of the molecule is Cc1cc2c(c3c1C(=O)/C(=C/c1ccc(C(C)(C)C)cc1)O3)CN(Cc1cccnc1)CO2. The highest BCUT2D eigenvalue weighted by molar-refractivity contribution is 6.15. The van der Waals surface area contributed by atoms with Crippen LogP contribution in [0.1, 0.15) is 58.9 Å². The second kappa shape index (κ2) is 8.16. The maximum absolute atomic E-state index is 13.3. The molecule has 0 radical (unpaired) electrons. The topological polar surface area (TPSA) is 51.7 Å². The summed E-state index contributed by atoms with van der Waals surface area (Å²) in [6.07, 6.45) is 5.46. The first-order valence-electron chi connectivity index (χ1n) is 11.2. The van der Waals surface area contributed by atoms with Crippen molar-refractivity contribution in [2.45, 2.75) is 46.2 Å². The van der Waals surface area contributed by atoms with Gasteiger partial charge in [-0.25, -0.2) is 0 Å². The Kier molecular flexibility index (Phi) is 5.29. The van der Waals surface area contributed by atoms with E-state index in [4.69, 9.17) is 9.47 Å². The van der Waals surface area contributed by atoms with Crippen LogP contribution in [0.5, 0.6) is 11.5 Å². The van der Waals surface area contributed by atoms with E-state index in [9.17, 15) is 4.79 Å². The molecule has 5 nitrogen and oxygen atoms in total. The third kappa shape index (κ3) is 4.16. The summed E-state index contributed by atoms with van der Waals surface area (Å²) in [6, 6.07) is 14.2. The van der Waals surface area contributed by atoms with Crippen LogP contribution in [0.15, 0.2) is 60.6 Å². The quantitative estimate of drug-likeness (QED) is 0.492. The van der Waals surface area contributed by atoms with Crippen molar-refractivity contribution in [3.8, 4) is 11.5 Å². The highest BCUT2D eigenvalue weighted by atomic mass is 16.5. The molecular weight excluding hydrogens is 412 g/mol. The van der Waals surface area contributed by atoms with Crippen LogP contribution in [-0.4, -0.2) is 22.4 Å². The summed E-state index contributed by atoms with van der Waals surface area (Å²) in [5.74, 6) is 1.70. The standard InChI is InChI=1S/C28H28N2O3/c1-18-12-23-22(16-30(17-32-23)15-20-6-5-11-29-14-20)27-25(18)26(31)24(33-27)13-19-7-9-21(10-8-19)28(2,3)4/h5-14H,15-17H2,1-4H3/b24-13-. The number of ketones is 1. The van der Waals surface area contributed by atoms with Gasteiger partial charge in [0.05, 0.1) is 11.1 Å². The van der Waals surface area contributed by atoms with Crippen LogP contribution in [0.2, 0.25) is 0 Å². The molecule has 0 saturated carbocycles. The summed E-state index contributed by atoms with van der Waals surface area (Å²) in [4.78, 5) is 19.6. The lowest BCUT2D eigenvalue weighted by Crippen LogP contribution is -2.31. The first-order chi connectivity index (χ1) is 15.8. The van der Waals surface area contributed by atoms with Crippen molar-refractivity contribution in [2.75, 3.05) is 6.73 Å². The van der Waals surface area contributed by atoms with Gasteiger partial charge in [0.25, 0.3) is 0 Å². The van der Waals surface area contributed by atoms with Crippen molar-refractivity contribution in [3.63, 3.8) is 0 Å². The molecule has 0 N–H and O–H groups in total. The number of carbonyl (C=O) groups is 1. The number of allylic oxidation sites excluding steroid dienone is 1. The van der Waals surface area contributed by atoms with Crippen molar-refractivity contribution in [1.29, 1.82) is 0 Å². The molecule has 2 aromatic carbocycles. The maximum Gasteiger partial charge on any atom is 0.232 e. The Labute approximate surface area is 194 Å². The molecule has 0 saturated heterocycles. The monoisotopic (exact) mass is 440 g/mol. The molecule has 0 spiro atoms. The van der Waals surface area contributed by atoms with Gasteiger partial charge in [-0.05, 0) is 52.8 Å². The fourth-order valence-electron chi connectivity index (χ4n) is 4.36. The maximum atomic E-state index is 13.3. The lowest BCUT2D eigenvalue weighted by atomic mass is 9.86. The molecule has 0 fully saturated rings. The number of benzene rings is 2. The molecule has 33 heavy (non-hydrogen) atoms. The van der Waals surface area contributed by atoms with Crippen LogP contribution in [0, 0.1) is 6.92 Å². The zero-order valence-corrected chi connectivity index (χ0v) is 19.5. The average Bonchev–Trinajstić information content (AvgIpc) is 3.11. The van der Waals surface area contributed by atoms with Gasteiger partial charge >= 0.3 is 0 Å². The van der Waals surface area contributed by atoms with Crippen molar-refractivity contribution in [1.82, 2.24) is 9.88 Å². The van der Waals surface area contributed by atoms with Crippen LogP contribution in [-0.2, 0) is 18.5 Å². The van der Waals surface area contributed by atoms with Crippen LogP contribution in [0.3, 0.4) is 0 Å². The highest BCUT2D eigenvalue weighted by Gasteiger charge is 2.35. The summed E-state index contributed by atoms with van der Waals surface area (Å²) in [5.41, 5.74) is 5.83. The van der Waals surface area contributed by atoms with Crippen LogP contribution >= 0.6 is 0 Å². The Bertz CT molecular complexity index is 1240. The first kappa shape index (κ1) is 21.4. The van der Waals surface area contributed by atoms with Gasteiger partial charge in [0.2, 0.25) is 5.78 Å². The number of rotatable bonds is 3. The lowest BCUT2D eigenvalue weighted by molar-refractivity contribution is 0.0871. The Balaban J connectivity index is 1.43. The van der Waals surface area contributed by atoms with Crippen molar-refractivity contribution in [2.24, 2.45) is 0 Å². The van der Waals surface area contributed by atoms with E-state index in [1.807, 2.05) is 49.5 Å². The van der Waals surface area contributed by atoms with Crippen LogP contribution < -0.4 is 9.47 Å². The Morgan fingerprint density at radius 2 is 1.94 bits per heavy atom. The minimum absolute atomic E-state index is 0.0745. The summed E-state index contributed by atoms with van der Waals surface area (Å²) < 4.78 is 12.2. The molecule has 2 aliphatic rings. The minimum Gasteiger partial charge on any atom is -0.478 e. The predicted molar refractivity (Wildman–Crippen MR) is 128 cm³/mol. The Morgan fingerprint density at radius 3 is 2.64 bits per heavy atom. The number of nitrogens with zero attached hydrogens (tertiary/aromatic N) is 2. The van der Waals surface area contributed by atoms with E-state index >= 15 is 0 Å². The molecule has 3 aromatic rings. The Hall–Kier alpha value is -3.44. The van der Waals surface area contributed by atoms with E-state index in [0.717, 1.165) is 28.0 Å². The summed E-state index contributed by atoms with van der Waals surface area (Å²) in [5, 5.41) is 0. The Morgan fingerprint density at radius 1 is 1.15 bits per heavy atom. The normalized spacial score (nSPS) is 16.8. The number of aromatic nitrogens is 1. The van der Waals surface area contributed by atoms with Crippen LogP contribution in [0.4, 0.5) is 0 Å². The van der Waals surface area contributed by atoms with Gasteiger partial charge in [0, 0.05) is 25.5 Å². The van der Waals surface area contributed by atoms with E-state index in [1.54, 1.807) is 6.20 Å². The smallest absolute Gasteiger partial charge is 0.232 e. The van der Waals surface area contributed by atoms with Crippen molar-refractivity contribution >= 4 is 11.9 Å². The van der Waals surface area contributed by atoms with Crippen molar-refractivity contribution in [3.05, 3.63) is 94.0 Å². The second-order valence-electron chi connectivity index (χ2n) is 9.81. The minimum atomic E-state index is -0.0745. The average molecular weight is 441 g/mol. The van der Waals surface area contributed by atoms with Crippen molar-refractivity contribution < 1.29 is 14.3 Å². The van der Waals surface area contributed by atoms with Gasteiger partial charge in [0.15, 0.2) is 5.76 Å². The predicted octanol–water partition coefficient (Wildman–Crippen LogP) is 5.66. The van der Waals surface area contributed by atoms with Gasteiger partial charge in [-0.3, -0.25) is 14.7 Å². The second-order valence-corrected chi connectivity index (χ2v) is 9.81. The molecular formula is C28H28N2O3. The molecule has 0 atom stereocenters. The molecule has 168 valence electrons. The number of pyridine rings is 1. The highest BCUT2D eigenvalue weighted by Crippen LogP contribution is 2.44. The molecule has 0 bridgehead atoms. The fraction of sp³-hybridized carbons (Fsp3) is 0.286. The van der Waals surface area contributed by atoms with Gasteiger partial charge in [-0.1, -0.05) is 51.1 Å². The van der Waals surface area contributed by atoms with Gasteiger partial charge in [-0.15, -0.1) is 0 Å². The van der Waals surface area contributed by atoms with Crippen LogP contribution in [0.25, 0.3) is 6.08 Å². The number of Topliss-reactive ketones (excluding diaryl/α,β-unsaturated/α-hetero) is 1.